The molecular weight excluding hydrogens is 792 g/mol. The predicted molar refractivity (Wildman–Crippen MR) is 265 cm³/mol. The molecule has 0 radical (unpaired) electrons. The van der Waals surface area contributed by atoms with Gasteiger partial charge in [0.1, 0.15) is 13.2 Å². The highest BCUT2D eigenvalue weighted by Gasteiger charge is 2.23. The molecule has 9 heteroatoms. The van der Waals surface area contributed by atoms with Gasteiger partial charge in [-0.1, -0.05) is 231 Å². The van der Waals surface area contributed by atoms with Gasteiger partial charge in [0, 0.05) is 6.42 Å². The standard InChI is InChI=1S/C53H105N2O6P/c1-6-8-10-12-14-16-18-20-22-24-26-27-29-31-33-35-37-39-41-43-45-47-53(57)54-51(50-61-62(58,59)60-49-48-55(3,4)5)52(56)46-44-42-40-38-36-34-32-30-28-25-23-21-19-17-15-13-11-9-7-2/h27,29,44,46,51-52,56H,6-26,28,30-43,45,47-50H2,1-5H3,(H-,54,57,58,59)/b29-27-,46-44+. The summed E-state index contributed by atoms with van der Waals surface area (Å²) >= 11 is 0. The number of carbonyl (C=O) groups excluding carboxylic acids is 1. The van der Waals surface area contributed by atoms with Gasteiger partial charge in [-0.25, -0.2) is 0 Å². The minimum absolute atomic E-state index is 0.000356. The number of nitrogens with zero attached hydrogens (tertiary/aromatic N) is 1. The molecule has 0 rings (SSSR count). The molecule has 1 amide bonds. The number of quaternary nitrogens is 1. The first-order valence-electron chi connectivity index (χ1n) is 26.7. The summed E-state index contributed by atoms with van der Waals surface area (Å²) in [5, 5.41) is 13.9. The number of rotatable bonds is 49. The van der Waals surface area contributed by atoms with Crippen LogP contribution in [0.1, 0.15) is 258 Å². The summed E-state index contributed by atoms with van der Waals surface area (Å²) in [6, 6.07) is -0.887. The first-order chi connectivity index (χ1) is 30.0. The summed E-state index contributed by atoms with van der Waals surface area (Å²) < 4.78 is 23.3. The summed E-state index contributed by atoms with van der Waals surface area (Å²) in [4.78, 5) is 25.4. The molecule has 62 heavy (non-hydrogen) atoms. The molecule has 0 saturated heterocycles. The molecule has 0 spiro atoms. The second-order valence-electron chi connectivity index (χ2n) is 19.6. The number of hydrogen-bond acceptors (Lipinski definition) is 6. The van der Waals surface area contributed by atoms with Crippen LogP contribution < -0.4 is 10.2 Å². The van der Waals surface area contributed by atoms with Crippen LogP contribution in [0.25, 0.3) is 0 Å². The zero-order valence-corrected chi connectivity index (χ0v) is 42.7. The molecule has 3 unspecified atom stereocenters. The molecule has 0 aliphatic carbocycles. The lowest BCUT2D eigenvalue weighted by Gasteiger charge is -2.29. The largest absolute Gasteiger partial charge is 0.756 e. The number of carbonyl (C=O) groups is 1. The lowest BCUT2D eigenvalue weighted by Crippen LogP contribution is -2.45. The van der Waals surface area contributed by atoms with Crippen molar-refractivity contribution in [1.29, 1.82) is 0 Å². The van der Waals surface area contributed by atoms with Crippen molar-refractivity contribution >= 4 is 13.7 Å². The van der Waals surface area contributed by atoms with Crippen molar-refractivity contribution in [3.8, 4) is 0 Å². The number of hydrogen-bond donors (Lipinski definition) is 2. The van der Waals surface area contributed by atoms with E-state index in [-0.39, 0.29) is 19.1 Å². The van der Waals surface area contributed by atoms with E-state index >= 15 is 0 Å². The van der Waals surface area contributed by atoms with Crippen molar-refractivity contribution in [2.24, 2.45) is 0 Å². The molecule has 0 saturated carbocycles. The summed E-state index contributed by atoms with van der Waals surface area (Å²) in [6.07, 6.45) is 55.2. The third-order valence-corrected chi connectivity index (χ3v) is 13.1. The summed E-state index contributed by atoms with van der Waals surface area (Å²) in [7, 11) is 1.27. The van der Waals surface area contributed by atoms with Gasteiger partial charge in [0.25, 0.3) is 7.82 Å². The molecule has 3 atom stereocenters. The topological polar surface area (TPSA) is 108 Å². The Morgan fingerprint density at radius 2 is 0.887 bits per heavy atom. The number of phosphoric ester groups is 1. The zero-order valence-electron chi connectivity index (χ0n) is 41.8. The van der Waals surface area contributed by atoms with Crippen molar-refractivity contribution in [3.63, 3.8) is 0 Å². The Balaban J connectivity index is 4.28. The fourth-order valence-electron chi connectivity index (χ4n) is 7.91. The molecule has 0 aliphatic rings. The van der Waals surface area contributed by atoms with E-state index in [4.69, 9.17) is 9.05 Å². The maximum atomic E-state index is 12.9. The fourth-order valence-corrected chi connectivity index (χ4v) is 8.64. The maximum absolute atomic E-state index is 12.9. The van der Waals surface area contributed by atoms with Crippen molar-refractivity contribution in [3.05, 3.63) is 24.3 Å². The van der Waals surface area contributed by atoms with Gasteiger partial charge in [0.05, 0.1) is 39.9 Å². The quantitative estimate of drug-likeness (QED) is 0.0273. The molecule has 0 aromatic carbocycles. The van der Waals surface area contributed by atoms with Crippen LogP contribution in [0.3, 0.4) is 0 Å². The van der Waals surface area contributed by atoms with Crippen LogP contribution >= 0.6 is 7.82 Å². The van der Waals surface area contributed by atoms with Gasteiger partial charge >= 0.3 is 0 Å². The molecule has 0 bridgehead atoms. The fraction of sp³-hybridized carbons (Fsp3) is 0.906. The SMILES string of the molecule is CCCCCCCCCCCC/C=C\CCCCCCCCCC(=O)NC(COP(=O)([O-])OCC[N+](C)(C)C)C(O)/C=C/CCCCCCCCCCCCCCCCCCC. The minimum Gasteiger partial charge on any atom is -0.756 e. The van der Waals surface area contributed by atoms with E-state index in [0.717, 1.165) is 38.5 Å². The van der Waals surface area contributed by atoms with E-state index < -0.39 is 20.0 Å². The van der Waals surface area contributed by atoms with E-state index in [2.05, 4.69) is 31.3 Å². The molecule has 0 fully saturated rings. The minimum atomic E-state index is -4.59. The molecule has 0 aliphatic heterocycles. The van der Waals surface area contributed by atoms with Gasteiger partial charge in [-0.05, 0) is 44.9 Å². The Hall–Kier alpha value is -1.02. The number of unbranched alkanes of at least 4 members (excludes halogenated alkanes) is 34. The van der Waals surface area contributed by atoms with Crippen LogP contribution in [0.5, 0.6) is 0 Å². The Morgan fingerprint density at radius 1 is 0.548 bits per heavy atom. The highest BCUT2D eigenvalue weighted by atomic mass is 31.2. The summed E-state index contributed by atoms with van der Waals surface area (Å²) in [5.41, 5.74) is 0. The van der Waals surface area contributed by atoms with Crippen LogP contribution in [0.15, 0.2) is 24.3 Å². The van der Waals surface area contributed by atoms with Crippen molar-refractivity contribution in [1.82, 2.24) is 5.32 Å². The van der Waals surface area contributed by atoms with Crippen LogP contribution in [0.4, 0.5) is 0 Å². The first kappa shape index (κ1) is 61.0. The molecule has 368 valence electrons. The van der Waals surface area contributed by atoms with E-state index in [0.29, 0.717) is 17.4 Å². The van der Waals surface area contributed by atoms with Crippen molar-refractivity contribution < 1.29 is 32.9 Å². The normalized spacial score (nSPS) is 14.2. The molecular formula is C53H105N2O6P. The average molecular weight is 897 g/mol. The lowest BCUT2D eigenvalue weighted by molar-refractivity contribution is -0.870. The molecule has 0 heterocycles. The van der Waals surface area contributed by atoms with E-state index in [1.807, 2.05) is 27.2 Å². The number of phosphoric acid groups is 1. The number of allylic oxidation sites excluding steroid dienone is 3. The number of amides is 1. The first-order valence-corrected chi connectivity index (χ1v) is 28.2. The van der Waals surface area contributed by atoms with Gasteiger partial charge in [0.15, 0.2) is 0 Å². The third kappa shape index (κ3) is 47.0. The number of aliphatic hydroxyl groups is 1. The van der Waals surface area contributed by atoms with Crippen LogP contribution in [-0.4, -0.2) is 68.5 Å². The maximum Gasteiger partial charge on any atom is 0.268 e. The van der Waals surface area contributed by atoms with E-state index in [1.165, 1.54) is 199 Å². The Bertz CT molecular complexity index is 1060. The lowest BCUT2D eigenvalue weighted by atomic mass is 10.0. The Morgan fingerprint density at radius 3 is 1.26 bits per heavy atom. The predicted octanol–water partition coefficient (Wildman–Crippen LogP) is 15.0. The molecule has 0 aromatic heterocycles. The third-order valence-electron chi connectivity index (χ3n) is 12.2. The number of likely N-dealkylation sites (N-methyl/N-ethyl adjacent to an activating group) is 1. The van der Waals surface area contributed by atoms with Gasteiger partial charge in [-0.2, -0.15) is 0 Å². The Labute approximate surface area is 385 Å². The molecule has 0 aromatic rings. The van der Waals surface area contributed by atoms with E-state index in [9.17, 15) is 19.4 Å². The molecule has 2 N–H and O–H groups in total. The van der Waals surface area contributed by atoms with Gasteiger partial charge in [-0.3, -0.25) is 9.36 Å². The van der Waals surface area contributed by atoms with Crippen molar-refractivity contribution in [2.45, 2.75) is 270 Å². The van der Waals surface area contributed by atoms with Gasteiger partial charge in [0.2, 0.25) is 5.91 Å². The Kier molecular flexibility index (Phi) is 44.4. The van der Waals surface area contributed by atoms with Gasteiger partial charge < -0.3 is 28.8 Å². The highest BCUT2D eigenvalue weighted by Crippen LogP contribution is 2.38. The zero-order chi connectivity index (χ0) is 45.7. The van der Waals surface area contributed by atoms with Crippen LogP contribution in [0.2, 0.25) is 0 Å². The average Bonchev–Trinajstić information content (AvgIpc) is 3.23. The van der Waals surface area contributed by atoms with Crippen molar-refractivity contribution in [2.75, 3.05) is 40.9 Å². The van der Waals surface area contributed by atoms with Crippen LogP contribution in [-0.2, 0) is 18.4 Å². The number of aliphatic hydroxyl groups excluding tert-OH is 1. The smallest absolute Gasteiger partial charge is 0.268 e. The highest BCUT2D eigenvalue weighted by molar-refractivity contribution is 7.45. The second kappa shape index (κ2) is 45.1. The van der Waals surface area contributed by atoms with Gasteiger partial charge in [-0.15, -0.1) is 0 Å². The monoisotopic (exact) mass is 897 g/mol. The summed E-state index contributed by atoms with van der Waals surface area (Å²) in [6.45, 7) is 4.68. The van der Waals surface area contributed by atoms with E-state index in [1.54, 1.807) is 6.08 Å². The molecule has 8 nitrogen and oxygen atoms in total. The second-order valence-corrected chi connectivity index (χ2v) is 21.0. The summed E-state index contributed by atoms with van der Waals surface area (Å²) in [5.74, 6) is -0.199. The number of nitrogens with one attached hydrogen (secondary N) is 1. The van der Waals surface area contributed by atoms with Crippen LogP contribution in [0, 0.1) is 0 Å².